The zero-order valence-corrected chi connectivity index (χ0v) is 16.7. The number of hydrogen-bond donors (Lipinski definition) is 1. The summed E-state index contributed by atoms with van der Waals surface area (Å²) in [5.74, 6) is 0. The van der Waals surface area contributed by atoms with Crippen molar-refractivity contribution in [2.75, 3.05) is 0 Å². The SMILES string of the molecule is Cc1nc(Cl)ccc1-c1cc2[nH]c(=O)n(-c3cncc4ccccc34)c(=O)c2s1. The number of thiophene rings is 1. The summed E-state index contributed by atoms with van der Waals surface area (Å²) in [6.45, 7) is 1.86. The summed E-state index contributed by atoms with van der Waals surface area (Å²) in [4.78, 5) is 38.2. The fourth-order valence-corrected chi connectivity index (χ4v) is 4.74. The second kappa shape index (κ2) is 6.65. The average Bonchev–Trinajstić information content (AvgIpc) is 3.12. The zero-order valence-electron chi connectivity index (χ0n) is 15.1. The molecule has 4 heterocycles. The molecule has 1 aromatic carbocycles. The van der Waals surface area contributed by atoms with E-state index in [0.717, 1.165) is 31.5 Å². The number of aromatic nitrogens is 4. The highest BCUT2D eigenvalue weighted by Gasteiger charge is 2.16. The predicted octanol–water partition coefficient (Wildman–Crippen LogP) is 4.31. The third-order valence-corrected chi connectivity index (χ3v) is 6.15. The Hall–Kier alpha value is -3.29. The Morgan fingerprint density at radius 2 is 1.93 bits per heavy atom. The quantitative estimate of drug-likeness (QED) is 0.431. The molecule has 8 heteroatoms. The summed E-state index contributed by atoms with van der Waals surface area (Å²) >= 11 is 7.26. The van der Waals surface area contributed by atoms with Crippen LogP contribution in [-0.4, -0.2) is 19.5 Å². The highest BCUT2D eigenvalue weighted by atomic mass is 35.5. The van der Waals surface area contributed by atoms with Crippen LogP contribution in [0.15, 0.2) is 64.4 Å². The minimum Gasteiger partial charge on any atom is -0.306 e. The van der Waals surface area contributed by atoms with Gasteiger partial charge < -0.3 is 4.98 Å². The van der Waals surface area contributed by atoms with E-state index in [9.17, 15) is 9.59 Å². The van der Waals surface area contributed by atoms with E-state index in [0.29, 0.717) is 21.1 Å². The first-order valence-electron chi connectivity index (χ1n) is 8.78. The van der Waals surface area contributed by atoms with Crippen LogP contribution in [-0.2, 0) is 0 Å². The van der Waals surface area contributed by atoms with E-state index < -0.39 is 5.69 Å². The lowest BCUT2D eigenvalue weighted by Gasteiger charge is -2.07. The van der Waals surface area contributed by atoms with Crippen LogP contribution in [0.25, 0.3) is 37.1 Å². The molecule has 0 amide bonds. The highest BCUT2D eigenvalue weighted by molar-refractivity contribution is 7.22. The lowest BCUT2D eigenvalue weighted by molar-refractivity contribution is 0.905. The van der Waals surface area contributed by atoms with E-state index in [1.54, 1.807) is 18.3 Å². The zero-order chi connectivity index (χ0) is 20.1. The molecule has 0 radical (unpaired) electrons. The molecule has 0 saturated heterocycles. The average molecular weight is 421 g/mol. The lowest BCUT2D eigenvalue weighted by Crippen LogP contribution is -2.33. The Kier molecular flexibility index (Phi) is 4.08. The van der Waals surface area contributed by atoms with Crippen LogP contribution in [0.1, 0.15) is 5.69 Å². The van der Waals surface area contributed by atoms with Crippen LogP contribution in [0.2, 0.25) is 5.15 Å². The van der Waals surface area contributed by atoms with E-state index in [-0.39, 0.29) is 5.56 Å². The van der Waals surface area contributed by atoms with Crippen molar-refractivity contribution in [3.63, 3.8) is 0 Å². The van der Waals surface area contributed by atoms with Crippen LogP contribution in [0.5, 0.6) is 0 Å². The van der Waals surface area contributed by atoms with Crippen LogP contribution in [0.4, 0.5) is 0 Å². The lowest BCUT2D eigenvalue weighted by atomic mass is 10.1. The second-order valence-electron chi connectivity index (χ2n) is 6.57. The number of nitrogens with one attached hydrogen (secondary N) is 1. The van der Waals surface area contributed by atoms with Gasteiger partial charge in [0.15, 0.2) is 0 Å². The molecule has 0 bridgehead atoms. The molecule has 5 aromatic rings. The van der Waals surface area contributed by atoms with Crippen molar-refractivity contribution in [3.05, 3.63) is 86.5 Å². The maximum atomic E-state index is 13.3. The molecule has 0 spiro atoms. The van der Waals surface area contributed by atoms with Crippen molar-refractivity contribution >= 4 is 43.9 Å². The smallest absolute Gasteiger partial charge is 0.306 e. The molecule has 1 N–H and O–H groups in total. The number of H-pyrrole nitrogens is 1. The Morgan fingerprint density at radius 3 is 2.76 bits per heavy atom. The van der Waals surface area contributed by atoms with Crippen molar-refractivity contribution in [1.29, 1.82) is 0 Å². The summed E-state index contributed by atoms with van der Waals surface area (Å²) in [6.07, 6.45) is 3.24. The minimum absolute atomic E-state index is 0.377. The number of hydrogen-bond acceptors (Lipinski definition) is 5. The van der Waals surface area contributed by atoms with E-state index in [2.05, 4.69) is 15.0 Å². The van der Waals surface area contributed by atoms with Gasteiger partial charge in [-0.05, 0) is 25.1 Å². The van der Waals surface area contributed by atoms with Gasteiger partial charge in [-0.1, -0.05) is 35.9 Å². The molecule has 0 unspecified atom stereocenters. The normalized spacial score (nSPS) is 11.4. The molecule has 0 aliphatic rings. The molecule has 0 fully saturated rings. The van der Waals surface area contributed by atoms with E-state index >= 15 is 0 Å². The Balaban J connectivity index is 1.79. The van der Waals surface area contributed by atoms with Crippen molar-refractivity contribution in [2.45, 2.75) is 6.92 Å². The van der Waals surface area contributed by atoms with Crippen molar-refractivity contribution in [2.24, 2.45) is 0 Å². The van der Waals surface area contributed by atoms with E-state index in [1.807, 2.05) is 37.3 Å². The van der Waals surface area contributed by atoms with Crippen molar-refractivity contribution in [1.82, 2.24) is 19.5 Å². The predicted molar refractivity (Wildman–Crippen MR) is 116 cm³/mol. The fraction of sp³-hybridized carbons (Fsp3) is 0.0476. The molecule has 0 aliphatic carbocycles. The van der Waals surface area contributed by atoms with Crippen LogP contribution >= 0.6 is 22.9 Å². The van der Waals surface area contributed by atoms with Gasteiger partial charge in [0.2, 0.25) is 0 Å². The first-order valence-corrected chi connectivity index (χ1v) is 9.98. The number of benzene rings is 1. The van der Waals surface area contributed by atoms with Gasteiger partial charge >= 0.3 is 5.69 Å². The molecule has 0 saturated carbocycles. The largest absolute Gasteiger partial charge is 0.333 e. The molecule has 4 aromatic heterocycles. The van der Waals surface area contributed by atoms with Gasteiger partial charge in [-0.25, -0.2) is 14.3 Å². The molecule has 0 atom stereocenters. The summed E-state index contributed by atoms with van der Waals surface area (Å²) in [5.41, 5.74) is 1.70. The van der Waals surface area contributed by atoms with Crippen LogP contribution < -0.4 is 11.2 Å². The molecular formula is C21H13ClN4O2S. The van der Waals surface area contributed by atoms with Crippen LogP contribution in [0.3, 0.4) is 0 Å². The van der Waals surface area contributed by atoms with Gasteiger partial charge in [0.1, 0.15) is 9.85 Å². The standard InChI is InChI=1S/C21H13ClN4O2S/c1-11-13(6-7-18(22)24-11)17-8-15-19(29-17)20(27)26(21(28)25-15)16-10-23-9-12-4-2-3-5-14(12)16/h2-10H,1H3,(H,25,28). The maximum Gasteiger partial charge on any atom is 0.333 e. The molecule has 5 rings (SSSR count). The number of nitrogens with zero attached hydrogens (tertiary/aromatic N) is 3. The number of fused-ring (bicyclic) bond motifs is 2. The molecular weight excluding hydrogens is 408 g/mol. The van der Waals surface area contributed by atoms with E-state index in [1.165, 1.54) is 17.5 Å². The number of rotatable bonds is 2. The van der Waals surface area contributed by atoms with E-state index in [4.69, 9.17) is 11.6 Å². The molecule has 0 aliphatic heterocycles. The Labute approximate surface area is 173 Å². The highest BCUT2D eigenvalue weighted by Crippen LogP contribution is 2.32. The topological polar surface area (TPSA) is 80.6 Å². The maximum absolute atomic E-state index is 13.3. The number of aryl methyl sites for hydroxylation is 1. The fourth-order valence-electron chi connectivity index (χ4n) is 3.43. The Morgan fingerprint density at radius 1 is 1.10 bits per heavy atom. The van der Waals surface area contributed by atoms with Crippen molar-refractivity contribution in [3.8, 4) is 16.1 Å². The third kappa shape index (κ3) is 2.86. The molecule has 29 heavy (non-hydrogen) atoms. The number of pyridine rings is 2. The van der Waals surface area contributed by atoms with Crippen LogP contribution in [0, 0.1) is 6.92 Å². The molecule has 142 valence electrons. The minimum atomic E-state index is -0.504. The number of aromatic amines is 1. The van der Waals surface area contributed by atoms with Gasteiger partial charge in [0.25, 0.3) is 5.56 Å². The Bertz CT molecular complexity index is 1530. The summed E-state index contributed by atoms with van der Waals surface area (Å²) in [7, 11) is 0. The van der Waals surface area contributed by atoms with Crippen molar-refractivity contribution < 1.29 is 0 Å². The summed E-state index contributed by atoms with van der Waals surface area (Å²) in [6, 6.07) is 12.9. The van der Waals surface area contributed by atoms with Gasteiger partial charge in [-0.2, -0.15) is 0 Å². The second-order valence-corrected chi connectivity index (χ2v) is 8.01. The number of halogens is 1. The van der Waals surface area contributed by atoms with Gasteiger partial charge in [0.05, 0.1) is 17.4 Å². The first kappa shape index (κ1) is 17.8. The van der Waals surface area contributed by atoms with Gasteiger partial charge in [-0.15, -0.1) is 11.3 Å². The van der Waals surface area contributed by atoms with Gasteiger partial charge in [-0.3, -0.25) is 9.78 Å². The van der Waals surface area contributed by atoms with Gasteiger partial charge in [0, 0.05) is 33.1 Å². The summed E-state index contributed by atoms with van der Waals surface area (Å²) < 4.78 is 1.60. The summed E-state index contributed by atoms with van der Waals surface area (Å²) in [5, 5.41) is 2.04. The third-order valence-electron chi connectivity index (χ3n) is 4.78. The first-order chi connectivity index (χ1) is 14.0. The monoisotopic (exact) mass is 420 g/mol. The molecule has 6 nitrogen and oxygen atoms in total.